The van der Waals surface area contributed by atoms with Crippen molar-refractivity contribution in [2.75, 3.05) is 6.16 Å². The molecule has 98 valence electrons. The third kappa shape index (κ3) is 3.18. The first-order chi connectivity index (χ1) is 9.15. The lowest BCUT2D eigenvalue weighted by molar-refractivity contribution is 0.102. The summed E-state index contributed by atoms with van der Waals surface area (Å²) in [5.41, 5.74) is 0.536. The predicted molar refractivity (Wildman–Crippen MR) is 76.6 cm³/mol. The topological polar surface area (TPSA) is 72.2 Å². The van der Waals surface area contributed by atoms with Gasteiger partial charge in [0.25, 0.3) is 0 Å². The Kier molecular flexibility index (Phi) is 4.27. The molecule has 0 unspecified atom stereocenters. The van der Waals surface area contributed by atoms with Crippen LogP contribution in [0.25, 0.3) is 0 Å². The number of hydrazine groups is 1. The molecule has 19 heavy (non-hydrogen) atoms. The Hall–Kier alpha value is -1.74. The van der Waals surface area contributed by atoms with E-state index in [1.165, 1.54) is 0 Å². The van der Waals surface area contributed by atoms with Crippen LogP contribution in [0, 0.1) is 0 Å². The predicted octanol–water partition coefficient (Wildman–Crippen LogP) is 1.94. The molecule has 0 aliphatic carbocycles. The molecule has 0 radical (unpaired) electrons. The molecule has 2 aromatic carbocycles. The number of hydrogen-bond donors (Lipinski definition) is 2. The molecule has 3 N–H and O–H groups in total. The van der Waals surface area contributed by atoms with Crippen molar-refractivity contribution < 1.29 is 9.36 Å². The molecule has 0 spiro atoms. The Balaban J connectivity index is 2.25. The number of carbonyl (C=O) groups is 1. The summed E-state index contributed by atoms with van der Waals surface area (Å²) in [6.07, 6.45) is -0.127. The number of Topliss-reactive ketones (excluding diaryl/α,β-unsaturated/α-hetero) is 1. The fourth-order valence-electron chi connectivity index (χ4n) is 1.80. The molecule has 0 aliphatic heterocycles. The molecule has 0 aliphatic rings. The van der Waals surface area contributed by atoms with Crippen molar-refractivity contribution in [2.24, 2.45) is 5.84 Å². The molecule has 0 saturated carbocycles. The Morgan fingerprint density at radius 3 is 2.05 bits per heavy atom. The zero-order chi connectivity index (χ0) is 13.7. The van der Waals surface area contributed by atoms with E-state index < -0.39 is 7.29 Å². The molecule has 0 saturated heterocycles. The smallest absolute Gasteiger partial charge is 0.196 e. The summed E-state index contributed by atoms with van der Waals surface area (Å²) in [5.74, 6) is 5.21. The number of nitrogens with two attached hydrogens (primary N) is 1. The quantitative estimate of drug-likeness (QED) is 0.378. The van der Waals surface area contributed by atoms with Crippen molar-refractivity contribution in [1.82, 2.24) is 5.20 Å². The van der Waals surface area contributed by atoms with Crippen LogP contribution in [0.3, 0.4) is 0 Å². The number of hydrogen-bond acceptors (Lipinski definition) is 3. The number of benzene rings is 2. The van der Waals surface area contributed by atoms with E-state index in [-0.39, 0.29) is 11.9 Å². The number of nitrogens with one attached hydrogen (secondary N) is 1. The molecule has 2 rings (SSSR count). The van der Waals surface area contributed by atoms with Crippen molar-refractivity contribution in [3.05, 3.63) is 66.2 Å². The van der Waals surface area contributed by atoms with Crippen molar-refractivity contribution in [2.45, 2.75) is 0 Å². The first kappa shape index (κ1) is 13.7. The monoisotopic (exact) mass is 274 g/mol. The van der Waals surface area contributed by atoms with E-state index in [9.17, 15) is 9.36 Å². The summed E-state index contributed by atoms with van der Waals surface area (Å²) in [5, 5.41) is 2.89. The molecule has 2 aromatic rings. The molecule has 0 fully saturated rings. The van der Waals surface area contributed by atoms with Gasteiger partial charge in [0, 0.05) is 10.9 Å². The summed E-state index contributed by atoms with van der Waals surface area (Å²) in [6.45, 7) is 0. The summed E-state index contributed by atoms with van der Waals surface area (Å²) in [6, 6.07) is 17.6. The van der Waals surface area contributed by atoms with Crippen LogP contribution in [0.5, 0.6) is 0 Å². The number of rotatable bonds is 5. The van der Waals surface area contributed by atoms with Gasteiger partial charge in [0.2, 0.25) is 0 Å². The largest absolute Gasteiger partial charge is 0.300 e. The van der Waals surface area contributed by atoms with Gasteiger partial charge in [0.1, 0.15) is 0 Å². The van der Waals surface area contributed by atoms with Gasteiger partial charge in [-0.2, -0.15) is 0 Å². The van der Waals surface area contributed by atoms with Gasteiger partial charge in [-0.05, 0) is 0 Å². The van der Waals surface area contributed by atoms with E-state index in [1.807, 2.05) is 12.1 Å². The summed E-state index contributed by atoms with van der Waals surface area (Å²) in [4.78, 5) is 12.1. The first-order valence-electron chi connectivity index (χ1n) is 5.86. The number of carbonyl (C=O) groups excluding carboxylic acids is 1. The van der Waals surface area contributed by atoms with Crippen LogP contribution in [0.2, 0.25) is 0 Å². The highest BCUT2D eigenvalue weighted by molar-refractivity contribution is 7.70. The Morgan fingerprint density at radius 1 is 1.00 bits per heavy atom. The summed E-state index contributed by atoms with van der Waals surface area (Å²) in [7, 11) is -3.10. The Morgan fingerprint density at radius 2 is 1.53 bits per heavy atom. The van der Waals surface area contributed by atoms with Crippen molar-refractivity contribution in [3.8, 4) is 0 Å². The SMILES string of the molecule is NN[P@](=O)(CC(=O)c1ccccc1)c1ccccc1. The van der Waals surface area contributed by atoms with Crippen molar-refractivity contribution >= 4 is 18.4 Å². The van der Waals surface area contributed by atoms with Gasteiger partial charge in [-0.1, -0.05) is 60.7 Å². The molecular formula is C14H15N2O2P. The van der Waals surface area contributed by atoms with E-state index in [0.29, 0.717) is 10.9 Å². The minimum atomic E-state index is -3.10. The van der Waals surface area contributed by atoms with Crippen LogP contribution >= 0.6 is 7.29 Å². The highest BCUT2D eigenvalue weighted by atomic mass is 31.2. The number of ketones is 1. The minimum Gasteiger partial charge on any atom is -0.300 e. The lowest BCUT2D eigenvalue weighted by Gasteiger charge is -2.16. The maximum atomic E-state index is 12.7. The molecular weight excluding hydrogens is 259 g/mol. The highest BCUT2D eigenvalue weighted by Crippen LogP contribution is 2.38. The second kappa shape index (κ2) is 5.93. The van der Waals surface area contributed by atoms with Crippen molar-refractivity contribution in [3.63, 3.8) is 0 Å². The third-order valence-electron chi connectivity index (χ3n) is 2.84. The normalized spacial score (nSPS) is 13.7. The molecule has 5 heteroatoms. The standard InChI is InChI=1S/C14H15N2O2P/c15-16-19(18,13-9-5-2-6-10-13)11-14(17)12-7-3-1-4-8-12/h1-10H,11,15H2,(H,16,18)/t19-/m0/s1. The van der Waals surface area contributed by atoms with Crippen LogP contribution in [0.1, 0.15) is 10.4 Å². The van der Waals surface area contributed by atoms with Gasteiger partial charge >= 0.3 is 0 Å². The maximum absolute atomic E-state index is 12.7. The molecule has 1 atom stereocenters. The van der Waals surface area contributed by atoms with Crippen LogP contribution in [-0.4, -0.2) is 11.9 Å². The van der Waals surface area contributed by atoms with E-state index in [4.69, 9.17) is 5.84 Å². The summed E-state index contributed by atoms with van der Waals surface area (Å²) < 4.78 is 12.7. The van der Waals surface area contributed by atoms with Crippen molar-refractivity contribution in [1.29, 1.82) is 0 Å². The first-order valence-corrected chi connectivity index (χ1v) is 7.76. The van der Waals surface area contributed by atoms with E-state index >= 15 is 0 Å². The van der Waals surface area contributed by atoms with Gasteiger partial charge in [0.15, 0.2) is 13.1 Å². The summed E-state index contributed by atoms with van der Waals surface area (Å²) >= 11 is 0. The highest BCUT2D eigenvalue weighted by Gasteiger charge is 2.26. The molecule has 0 heterocycles. The van der Waals surface area contributed by atoms with Gasteiger partial charge in [0.05, 0.1) is 6.16 Å². The maximum Gasteiger partial charge on any atom is 0.196 e. The van der Waals surface area contributed by atoms with Crippen LogP contribution < -0.4 is 16.3 Å². The van der Waals surface area contributed by atoms with E-state index in [0.717, 1.165) is 0 Å². The second-order valence-electron chi connectivity index (χ2n) is 4.15. The minimum absolute atomic E-state index is 0.127. The van der Waals surface area contributed by atoms with Gasteiger partial charge < -0.3 is 0 Å². The molecule has 0 aromatic heterocycles. The average Bonchev–Trinajstić information content (AvgIpc) is 2.49. The fraction of sp³-hybridized carbons (Fsp3) is 0.0714. The molecule has 0 bridgehead atoms. The Labute approximate surface area is 112 Å². The lowest BCUT2D eigenvalue weighted by Crippen LogP contribution is -2.29. The zero-order valence-corrected chi connectivity index (χ0v) is 11.2. The molecule has 4 nitrogen and oxygen atoms in total. The van der Waals surface area contributed by atoms with Crippen LogP contribution in [0.15, 0.2) is 60.7 Å². The average molecular weight is 274 g/mol. The van der Waals surface area contributed by atoms with Crippen LogP contribution in [0.4, 0.5) is 0 Å². The van der Waals surface area contributed by atoms with Gasteiger partial charge in [-0.25, -0.2) is 5.20 Å². The van der Waals surface area contributed by atoms with Crippen LogP contribution in [-0.2, 0) is 4.57 Å². The molecule has 0 amide bonds. The third-order valence-corrected chi connectivity index (χ3v) is 5.13. The fourth-order valence-corrected chi connectivity index (χ4v) is 3.46. The van der Waals surface area contributed by atoms with Gasteiger partial charge in [-0.3, -0.25) is 15.2 Å². The van der Waals surface area contributed by atoms with Gasteiger partial charge in [-0.15, -0.1) is 0 Å². The van der Waals surface area contributed by atoms with E-state index in [1.54, 1.807) is 48.5 Å². The van der Waals surface area contributed by atoms with E-state index in [2.05, 4.69) is 5.20 Å². The second-order valence-corrected chi connectivity index (χ2v) is 6.72. The Bertz CT molecular complexity index is 599. The lowest BCUT2D eigenvalue weighted by atomic mass is 10.2. The zero-order valence-electron chi connectivity index (χ0n) is 10.3.